The number of sulfonamides is 1. The molecule has 22 heavy (non-hydrogen) atoms. The number of hydrogen-bond donors (Lipinski definition) is 0. The Kier molecular flexibility index (Phi) is 4.64. The molecule has 0 aliphatic heterocycles. The van der Waals surface area contributed by atoms with Crippen LogP contribution in [0, 0.1) is 0 Å². The third kappa shape index (κ3) is 3.18. The van der Waals surface area contributed by atoms with Crippen LogP contribution < -0.4 is 0 Å². The first-order valence-corrected chi connectivity index (χ1v) is 8.60. The van der Waals surface area contributed by atoms with Gasteiger partial charge in [0.2, 0.25) is 5.76 Å². The Morgan fingerprint density at radius 2 is 1.91 bits per heavy atom. The summed E-state index contributed by atoms with van der Waals surface area (Å²) in [5.74, 6) is -1.22. The van der Waals surface area contributed by atoms with Crippen molar-refractivity contribution in [3.8, 4) is 10.6 Å². The van der Waals surface area contributed by atoms with Gasteiger partial charge in [0, 0.05) is 19.2 Å². The summed E-state index contributed by atoms with van der Waals surface area (Å²) in [6, 6.07) is 3.52. The van der Waals surface area contributed by atoms with Crippen molar-refractivity contribution in [2.45, 2.75) is 24.2 Å². The Balaban J connectivity index is 2.34. The molecule has 0 aliphatic rings. The Morgan fingerprint density at radius 1 is 1.27 bits per heavy atom. The van der Waals surface area contributed by atoms with Gasteiger partial charge in [-0.1, -0.05) is 19.0 Å². The average Bonchev–Trinajstić information content (AvgIpc) is 3.08. The van der Waals surface area contributed by atoms with E-state index in [9.17, 15) is 21.6 Å². The van der Waals surface area contributed by atoms with Crippen LogP contribution in [0.5, 0.6) is 0 Å². The highest BCUT2D eigenvalue weighted by Crippen LogP contribution is 2.35. The fourth-order valence-electron chi connectivity index (χ4n) is 1.81. The van der Waals surface area contributed by atoms with Crippen molar-refractivity contribution < 1.29 is 26.1 Å². The quantitative estimate of drug-likeness (QED) is 0.825. The standard InChI is InChI=1S/C12H13F3N2O3S2/c1-3-17(4-2)22(18,19)11-6-5-9(21-11)8-7-10(20-16-8)12(13,14)15/h5-7H,3-4H2,1-2H3. The molecule has 0 spiro atoms. The maximum atomic E-state index is 12.5. The fourth-order valence-corrected chi connectivity index (χ4v) is 4.68. The van der Waals surface area contributed by atoms with Gasteiger partial charge in [-0.15, -0.1) is 11.3 Å². The van der Waals surface area contributed by atoms with E-state index in [4.69, 9.17) is 0 Å². The monoisotopic (exact) mass is 354 g/mol. The largest absolute Gasteiger partial charge is 0.452 e. The van der Waals surface area contributed by atoms with Gasteiger partial charge >= 0.3 is 6.18 Å². The van der Waals surface area contributed by atoms with Crippen LogP contribution in [0.4, 0.5) is 13.2 Å². The van der Waals surface area contributed by atoms with E-state index >= 15 is 0 Å². The fraction of sp³-hybridized carbons (Fsp3) is 0.417. The lowest BCUT2D eigenvalue weighted by Crippen LogP contribution is -2.29. The molecule has 0 fully saturated rings. The molecule has 0 aliphatic carbocycles. The molecule has 2 aromatic heterocycles. The molecule has 0 atom stereocenters. The number of rotatable bonds is 5. The zero-order valence-electron chi connectivity index (χ0n) is 11.7. The summed E-state index contributed by atoms with van der Waals surface area (Å²) in [6.45, 7) is 4.05. The van der Waals surface area contributed by atoms with Crippen LogP contribution >= 0.6 is 11.3 Å². The first-order valence-electron chi connectivity index (χ1n) is 6.34. The number of halogens is 3. The zero-order chi connectivity index (χ0) is 16.5. The lowest BCUT2D eigenvalue weighted by molar-refractivity contribution is -0.155. The summed E-state index contributed by atoms with van der Waals surface area (Å²) in [7, 11) is -3.64. The minimum atomic E-state index is -4.63. The lowest BCUT2D eigenvalue weighted by atomic mass is 10.3. The third-order valence-electron chi connectivity index (χ3n) is 2.92. The molecule has 0 amide bonds. The lowest BCUT2D eigenvalue weighted by Gasteiger charge is -2.16. The second kappa shape index (κ2) is 6.01. The van der Waals surface area contributed by atoms with Gasteiger partial charge < -0.3 is 4.52 Å². The third-order valence-corrected chi connectivity index (χ3v) is 6.55. The van der Waals surface area contributed by atoms with Gasteiger partial charge in [0.1, 0.15) is 9.90 Å². The molecule has 2 heterocycles. The SMILES string of the molecule is CCN(CC)S(=O)(=O)c1ccc(-c2cc(C(F)(F)F)on2)s1. The van der Waals surface area contributed by atoms with E-state index in [1.165, 1.54) is 16.4 Å². The first-order chi connectivity index (χ1) is 10.2. The van der Waals surface area contributed by atoms with Crippen LogP contribution in [0.1, 0.15) is 19.6 Å². The summed E-state index contributed by atoms with van der Waals surface area (Å²) in [6.07, 6.45) is -4.63. The molecule has 122 valence electrons. The summed E-state index contributed by atoms with van der Waals surface area (Å²) >= 11 is 0.856. The van der Waals surface area contributed by atoms with Gasteiger partial charge in [0.15, 0.2) is 0 Å². The maximum Gasteiger partial charge on any atom is 0.452 e. The Morgan fingerprint density at radius 3 is 2.41 bits per heavy atom. The summed E-state index contributed by atoms with van der Waals surface area (Å²) < 4.78 is 67.6. The van der Waals surface area contributed by atoms with E-state index in [-0.39, 0.29) is 9.90 Å². The van der Waals surface area contributed by atoms with E-state index in [1.807, 2.05) is 0 Å². The Bertz CT molecular complexity index is 746. The van der Waals surface area contributed by atoms with Crippen LogP contribution in [0.15, 0.2) is 26.9 Å². The van der Waals surface area contributed by atoms with E-state index in [2.05, 4.69) is 9.68 Å². The summed E-state index contributed by atoms with van der Waals surface area (Å²) in [5.41, 5.74) is -0.0432. The molecule has 5 nitrogen and oxygen atoms in total. The highest BCUT2D eigenvalue weighted by molar-refractivity contribution is 7.91. The molecule has 0 saturated heterocycles. The van der Waals surface area contributed by atoms with Crippen LogP contribution in [0.2, 0.25) is 0 Å². The van der Waals surface area contributed by atoms with Crippen LogP contribution in [-0.2, 0) is 16.2 Å². The Labute approximate surface area is 129 Å². The van der Waals surface area contributed by atoms with Gasteiger partial charge in [-0.05, 0) is 12.1 Å². The predicted octanol–water partition coefficient (Wildman–Crippen LogP) is 3.45. The molecule has 2 rings (SSSR count). The van der Waals surface area contributed by atoms with Crippen molar-refractivity contribution in [2.75, 3.05) is 13.1 Å². The molecular weight excluding hydrogens is 341 g/mol. The normalized spacial score (nSPS) is 13.0. The van der Waals surface area contributed by atoms with E-state index < -0.39 is 22.0 Å². The molecule has 10 heteroatoms. The first kappa shape index (κ1) is 17.0. The van der Waals surface area contributed by atoms with Crippen molar-refractivity contribution >= 4 is 21.4 Å². The van der Waals surface area contributed by atoms with E-state index in [1.54, 1.807) is 13.8 Å². The molecule has 0 aromatic carbocycles. The van der Waals surface area contributed by atoms with Gasteiger partial charge in [-0.25, -0.2) is 8.42 Å². The van der Waals surface area contributed by atoms with Crippen molar-refractivity contribution in [2.24, 2.45) is 0 Å². The minimum Gasteiger partial charge on any atom is -0.351 e. The number of aromatic nitrogens is 1. The second-order valence-corrected chi connectivity index (χ2v) is 7.53. The van der Waals surface area contributed by atoms with Gasteiger partial charge in [-0.3, -0.25) is 0 Å². The van der Waals surface area contributed by atoms with Crippen LogP contribution in [-0.4, -0.2) is 31.0 Å². The average molecular weight is 354 g/mol. The number of thiophene rings is 1. The van der Waals surface area contributed by atoms with Gasteiger partial charge in [0.25, 0.3) is 10.0 Å². The molecule has 0 unspecified atom stereocenters. The van der Waals surface area contributed by atoms with Crippen molar-refractivity contribution in [1.29, 1.82) is 0 Å². The number of hydrogen-bond acceptors (Lipinski definition) is 5. The van der Waals surface area contributed by atoms with Crippen LogP contribution in [0.3, 0.4) is 0 Å². The number of alkyl halides is 3. The van der Waals surface area contributed by atoms with Crippen molar-refractivity contribution in [3.63, 3.8) is 0 Å². The Hall–Kier alpha value is -1.39. The van der Waals surface area contributed by atoms with Crippen LogP contribution in [0.25, 0.3) is 10.6 Å². The summed E-state index contributed by atoms with van der Waals surface area (Å²) in [5, 5.41) is 3.34. The molecule has 0 saturated carbocycles. The molecule has 0 bridgehead atoms. The molecule has 0 radical (unpaired) electrons. The van der Waals surface area contributed by atoms with Gasteiger partial charge in [0.05, 0.1) is 4.88 Å². The second-order valence-electron chi connectivity index (χ2n) is 4.28. The molecule has 0 N–H and O–H groups in total. The highest BCUT2D eigenvalue weighted by Gasteiger charge is 2.36. The highest BCUT2D eigenvalue weighted by atomic mass is 32.2. The number of nitrogens with zero attached hydrogens (tertiary/aromatic N) is 2. The zero-order valence-corrected chi connectivity index (χ0v) is 13.3. The molecular formula is C12H13F3N2O3S2. The minimum absolute atomic E-state index is 0.0432. The van der Waals surface area contributed by atoms with Crippen molar-refractivity contribution in [3.05, 3.63) is 24.0 Å². The topological polar surface area (TPSA) is 63.4 Å². The molecule has 2 aromatic rings. The van der Waals surface area contributed by atoms with Crippen molar-refractivity contribution in [1.82, 2.24) is 9.46 Å². The smallest absolute Gasteiger partial charge is 0.351 e. The summed E-state index contributed by atoms with van der Waals surface area (Å²) in [4.78, 5) is 0.296. The van der Waals surface area contributed by atoms with E-state index in [0.717, 1.165) is 17.4 Å². The maximum absolute atomic E-state index is 12.5. The van der Waals surface area contributed by atoms with E-state index in [0.29, 0.717) is 18.0 Å². The van der Waals surface area contributed by atoms with Gasteiger partial charge in [-0.2, -0.15) is 17.5 Å². The predicted molar refractivity (Wildman–Crippen MR) is 74.9 cm³/mol.